The van der Waals surface area contributed by atoms with Crippen LogP contribution in [0, 0.1) is 5.82 Å². The average molecular weight is 418 g/mol. The number of halogens is 1. The quantitative estimate of drug-likeness (QED) is 0.607. The summed E-state index contributed by atoms with van der Waals surface area (Å²) in [6, 6.07) is 19.1. The largest absolute Gasteiger partial charge is 0.497 e. The summed E-state index contributed by atoms with van der Waals surface area (Å²) in [6.07, 6.45) is 0. The molecule has 3 aromatic carbocycles. The van der Waals surface area contributed by atoms with E-state index in [2.05, 4.69) is 5.32 Å². The molecule has 7 heteroatoms. The lowest BCUT2D eigenvalue weighted by molar-refractivity contribution is -0.120. The van der Waals surface area contributed by atoms with Gasteiger partial charge in [0.05, 0.1) is 25.5 Å². The molecule has 3 aromatic rings. The lowest BCUT2D eigenvalue weighted by Crippen LogP contribution is -2.32. The third-order valence-electron chi connectivity index (χ3n) is 4.90. The van der Waals surface area contributed by atoms with Gasteiger partial charge in [-0.1, -0.05) is 24.3 Å². The van der Waals surface area contributed by atoms with Crippen LogP contribution in [-0.2, 0) is 9.59 Å². The molecule has 1 N–H and O–H groups in total. The molecular formula is C24H19FN2O4. The number of amides is 2. The molecular weight excluding hydrogens is 399 g/mol. The first kappa shape index (κ1) is 20.2. The molecule has 1 heterocycles. The van der Waals surface area contributed by atoms with E-state index in [-0.39, 0.29) is 11.3 Å². The second-order valence-corrected chi connectivity index (χ2v) is 6.73. The normalized spacial score (nSPS) is 13.6. The Morgan fingerprint density at radius 1 is 0.806 bits per heavy atom. The fraction of sp³-hybridized carbons (Fsp3) is 0.0833. The van der Waals surface area contributed by atoms with Crippen molar-refractivity contribution in [1.29, 1.82) is 0 Å². The molecule has 31 heavy (non-hydrogen) atoms. The molecule has 1 aliphatic heterocycles. The third-order valence-corrected chi connectivity index (χ3v) is 4.90. The number of rotatable bonds is 6. The van der Waals surface area contributed by atoms with Crippen molar-refractivity contribution >= 4 is 28.8 Å². The van der Waals surface area contributed by atoms with Gasteiger partial charge in [0.1, 0.15) is 23.0 Å². The molecule has 0 fully saturated rings. The van der Waals surface area contributed by atoms with E-state index in [1.165, 1.54) is 31.4 Å². The summed E-state index contributed by atoms with van der Waals surface area (Å²) in [5, 5.41) is 3.05. The lowest BCUT2D eigenvalue weighted by atomic mass is 10.0. The summed E-state index contributed by atoms with van der Waals surface area (Å²) in [5.41, 5.74) is 1.58. The molecule has 156 valence electrons. The molecule has 2 amide bonds. The van der Waals surface area contributed by atoms with Gasteiger partial charge in [-0.25, -0.2) is 9.29 Å². The van der Waals surface area contributed by atoms with Crippen molar-refractivity contribution in [2.45, 2.75) is 0 Å². The van der Waals surface area contributed by atoms with Crippen LogP contribution in [0.3, 0.4) is 0 Å². The van der Waals surface area contributed by atoms with E-state index < -0.39 is 17.6 Å². The van der Waals surface area contributed by atoms with E-state index in [9.17, 15) is 14.0 Å². The topological polar surface area (TPSA) is 67.9 Å². The lowest BCUT2D eigenvalue weighted by Gasteiger charge is -2.18. The molecule has 6 nitrogen and oxygen atoms in total. The molecule has 1 aliphatic rings. The predicted octanol–water partition coefficient (Wildman–Crippen LogP) is 4.24. The Balaban J connectivity index is 1.81. The minimum Gasteiger partial charge on any atom is -0.497 e. The van der Waals surface area contributed by atoms with Gasteiger partial charge >= 0.3 is 0 Å². The molecule has 0 saturated carbocycles. The van der Waals surface area contributed by atoms with Crippen molar-refractivity contribution < 1.29 is 23.5 Å². The van der Waals surface area contributed by atoms with Crippen LogP contribution < -0.4 is 19.7 Å². The number of benzene rings is 3. The summed E-state index contributed by atoms with van der Waals surface area (Å²) >= 11 is 0. The smallest absolute Gasteiger partial charge is 0.282 e. The molecule has 0 unspecified atom stereocenters. The first-order chi connectivity index (χ1) is 15.0. The van der Waals surface area contributed by atoms with Gasteiger partial charge in [0, 0.05) is 5.69 Å². The molecule has 4 rings (SSSR count). The summed E-state index contributed by atoms with van der Waals surface area (Å²) in [4.78, 5) is 27.9. The maximum Gasteiger partial charge on any atom is 0.282 e. The van der Waals surface area contributed by atoms with Gasteiger partial charge in [-0.3, -0.25) is 9.59 Å². The Kier molecular flexibility index (Phi) is 5.41. The Hall–Kier alpha value is -4.13. The molecule has 0 aliphatic carbocycles. The van der Waals surface area contributed by atoms with Gasteiger partial charge in [0.25, 0.3) is 11.8 Å². The van der Waals surface area contributed by atoms with Gasteiger partial charge in [0.15, 0.2) is 0 Å². The number of anilines is 2. The zero-order valence-corrected chi connectivity index (χ0v) is 16.9. The van der Waals surface area contributed by atoms with Crippen LogP contribution in [-0.4, -0.2) is 26.0 Å². The maximum atomic E-state index is 13.5. The Morgan fingerprint density at radius 3 is 2.13 bits per heavy atom. The Bertz CT molecular complexity index is 1170. The molecule has 0 aromatic heterocycles. The van der Waals surface area contributed by atoms with E-state index in [0.29, 0.717) is 28.4 Å². The SMILES string of the molecule is COc1ccc(NC2=C(c3ccc(F)cc3)C(=O)N(c3ccccc3OC)C2=O)cc1. The van der Waals surface area contributed by atoms with Gasteiger partial charge in [0.2, 0.25) is 0 Å². The maximum absolute atomic E-state index is 13.5. The number of carbonyl (C=O) groups excluding carboxylic acids is 2. The second kappa shape index (κ2) is 8.31. The number of ether oxygens (including phenoxy) is 2. The Labute approximate surface area is 178 Å². The van der Waals surface area contributed by atoms with E-state index in [4.69, 9.17) is 9.47 Å². The highest BCUT2D eigenvalue weighted by Crippen LogP contribution is 2.37. The number of imide groups is 1. The Morgan fingerprint density at radius 2 is 1.48 bits per heavy atom. The van der Waals surface area contributed by atoms with E-state index >= 15 is 0 Å². The van der Waals surface area contributed by atoms with Crippen LogP contribution in [0.2, 0.25) is 0 Å². The van der Waals surface area contributed by atoms with Crippen LogP contribution in [0.15, 0.2) is 78.5 Å². The fourth-order valence-electron chi connectivity index (χ4n) is 3.38. The van der Waals surface area contributed by atoms with Gasteiger partial charge in [-0.15, -0.1) is 0 Å². The van der Waals surface area contributed by atoms with Crippen molar-refractivity contribution in [2.75, 3.05) is 24.4 Å². The highest BCUT2D eigenvalue weighted by molar-refractivity contribution is 6.46. The molecule has 0 spiro atoms. The van der Waals surface area contributed by atoms with Crippen molar-refractivity contribution in [3.05, 3.63) is 89.9 Å². The van der Waals surface area contributed by atoms with Gasteiger partial charge in [-0.05, 0) is 54.1 Å². The number of nitrogens with zero attached hydrogens (tertiary/aromatic N) is 1. The number of nitrogens with one attached hydrogen (secondary N) is 1. The van der Waals surface area contributed by atoms with E-state index in [1.807, 2.05) is 0 Å². The summed E-state index contributed by atoms with van der Waals surface area (Å²) in [7, 11) is 3.02. The van der Waals surface area contributed by atoms with Crippen LogP contribution in [0.25, 0.3) is 5.57 Å². The summed E-state index contributed by atoms with van der Waals surface area (Å²) in [6.45, 7) is 0. The number of para-hydroxylation sites is 2. The number of hydrogen-bond acceptors (Lipinski definition) is 5. The third kappa shape index (κ3) is 3.73. The predicted molar refractivity (Wildman–Crippen MR) is 115 cm³/mol. The van der Waals surface area contributed by atoms with Crippen LogP contribution >= 0.6 is 0 Å². The highest BCUT2D eigenvalue weighted by atomic mass is 19.1. The van der Waals surface area contributed by atoms with Crippen molar-refractivity contribution in [1.82, 2.24) is 0 Å². The molecule has 0 bridgehead atoms. The molecule has 0 saturated heterocycles. The zero-order chi connectivity index (χ0) is 22.0. The van der Waals surface area contributed by atoms with Gasteiger partial charge in [-0.2, -0.15) is 0 Å². The van der Waals surface area contributed by atoms with Crippen molar-refractivity contribution in [3.63, 3.8) is 0 Å². The van der Waals surface area contributed by atoms with E-state index in [0.717, 1.165) is 4.90 Å². The van der Waals surface area contributed by atoms with Crippen LogP contribution in [0.5, 0.6) is 11.5 Å². The minimum absolute atomic E-state index is 0.0904. The zero-order valence-electron chi connectivity index (χ0n) is 16.9. The number of methoxy groups -OCH3 is 2. The monoisotopic (exact) mass is 418 g/mol. The minimum atomic E-state index is -0.537. The summed E-state index contributed by atoms with van der Waals surface area (Å²) in [5.74, 6) is -0.467. The van der Waals surface area contributed by atoms with Crippen molar-refractivity contribution in [2.24, 2.45) is 0 Å². The molecule has 0 radical (unpaired) electrons. The molecule has 0 atom stereocenters. The summed E-state index contributed by atoms with van der Waals surface area (Å²) < 4.78 is 24.0. The standard InChI is InChI=1S/C24H19FN2O4/c1-30-18-13-11-17(12-14-18)26-22-21(15-7-9-16(25)10-8-15)23(28)27(24(22)29)19-5-3-4-6-20(19)31-2/h3-14,26H,1-2H3. The van der Waals surface area contributed by atoms with Crippen LogP contribution in [0.1, 0.15) is 5.56 Å². The fourth-order valence-corrected chi connectivity index (χ4v) is 3.38. The second-order valence-electron chi connectivity index (χ2n) is 6.73. The first-order valence-corrected chi connectivity index (χ1v) is 9.46. The van der Waals surface area contributed by atoms with Crippen LogP contribution in [0.4, 0.5) is 15.8 Å². The van der Waals surface area contributed by atoms with Gasteiger partial charge < -0.3 is 14.8 Å². The highest BCUT2D eigenvalue weighted by Gasteiger charge is 2.41. The first-order valence-electron chi connectivity index (χ1n) is 9.46. The van der Waals surface area contributed by atoms with Crippen molar-refractivity contribution in [3.8, 4) is 11.5 Å². The number of hydrogen-bond donors (Lipinski definition) is 1. The number of carbonyl (C=O) groups is 2. The van der Waals surface area contributed by atoms with E-state index in [1.54, 1.807) is 55.6 Å². The average Bonchev–Trinajstić information content (AvgIpc) is 3.04.